The second kappa shape index (κ2) is 2.82. The van der Waals surface area contributed by atoms with E-state index in [4.69, 9.17) is 28.3 Å². The third-order valence-corrected chi connectivity index (χ3v) is 0.349. The number of carboxylic acid groups (broad SMARTS) is 1. The number of hydrogen-bond donors (Lipinski definition) is 1. The Kier molecular flexibility index (Phi) is 2.71. The number of rotatable bonds is 0. The molecule has 0 fully saturated rings. The first-order valence-electron chi connectivity index (χ1n) is 1.25. The van der Waals surface area contributed by atoms with Gasteiger partial charge < -0.3 is 5.11 Å². The Morgan fingerprint density at radius 1 is 1.57 bits per heavy atom. The monoisotopic (exact) mass is 141 g/mol. The summed E-state index contributed by atoms with van der Waals surface area (Å²) in [5.74, 6) is 0. The summed E-state index contributed by atoms with van der Waals surface area (Å²) in [4.78, 5) is 12.1. The summed E-state index contributed by atoms with van der Waals surface area (Å²) in [6.45, 7) is 0. The molecule has 0 aliphatic rings. The van der Waals surface area contributed by atoms with Gasteiger partial charge in [-0.05, 0) is 23.2 Å². The number of carbonyl (C=O) groups is 1. The maximum absolute atomic E-state index is 9.45. The van der Waals surface area contributed by atoms with Gasteiger partial charge in [-0.1, -0.05) is 0 Å². The van der Waals surface area contributed by atoms with Crippen LogP contribution in [0.3, 0.4) is 0 Å². The van der Waals surface area contributed by atoms with Crippen LogP contribution in [0.25, 0.3) is 0 Å². The Labute approximate surface area is 49.6 Å². The smallest absolute Gasteiger partial charge is 0.433 e. The maximum atomic E-state index is 9.45. The Hall–Kier alpha value is -0.280. The average molecular weight is 142 g/mol. The molecule has 0 rings (SSSR count). The minimum Gasteiger partial charge on any atom is -0.463 e. The molecule has 0 aromatic rings. The topological polar surface area (TPSA) is 49.7 Å². The van der Waals surface area contributed by atoms with E-state index in [0.717, 1.165) is 0 Å². The fourth-order valence-electron chi connectivity index (χ4n) is 0.0723. The first-order chi connectivity index (χ1) is 3.13. The van der Waals surface area contributed by atoms with Gasteiger partial charge in [-0.25, -0.2) is 4.79 Å². The van der Waals surface area contributed by atoms with Gasteiger partial charge in [0.25, 0.3) is 0 Å². The van der Waals surface area contributed by atoms with Crippen LogP contribution in [0.5, 0.6) is 0 Å². The molecule has 0 heterocycles. The average Bonchev–Trinajstić information content (AvgIpc) is 1.27. The molecule has 0 saturated heterocycles. The van der Waals surface area contributed by atoms with Crippen LogP contribution in [-0.2, 0) is 0 Å². The lowest BCUT2D eigenvalue weighted by Gasteiger charge is -1.74. The Morgan fingerprint density at radius 2 is 2.00 bits per heavy atom. The van der Waals surface area contributed by atoms with Crippen molar-refractivity contribution in [2.24, 2.45) is 4.99 Å². The second-order valence-corrected chi connectivity index (χ2v) is 1.54. The molecule has 0 aliphatic heterocycles. The van der Waals surface area contributed by atoms with Gasteiger partial charge in [0.05, 0.1) is 0 Å². The lowest BCUT2D eigenvalue weighted by atomic mass is 11.2. The van der Waals surface area contributed by atoms with E-state index in [2.05, 4.69) is 4.99 Å². The fourth-order valence-corrected chi connectivity index (χ4v) is 0.217. The first-order valence-corrected chi connectivity index (χ1v) is 2.01. The molecule has 0 bridgehead atoms. The highest BCUT2D eigenvalue weighted by molar-refractivity contribution is 6.95. The molecule has 7 heavy (non-hydrogen) atoms. The predicted octanol–water partition coefficient (Wildman–Crippen LogP) is 1.50. The number of aliphatic imine (C=N–C) groups is 1. The van der Waals surface area contributed by atoms with E-state index < -0.39 is 10.7 Å². The third-order valence-electron chi connectivity index (χ3n) is 0.180. The molecule has 0 aromatic heterocycles. The van der Waals surface area contributed by atoms with E-state index in [1.807, 2.05) is 0 Å². The van der Waals surface area contributed by atoms with Gasteiger partial charge in [-0.3, -0.25) is 0 Å². The van der Waals surface area contributed by atoms with Crippen molar-refractivity contribution in [2.45, 2.75) is 0 Å². The van der Waals surface area contributed by atoms with Crippen LogP contribution in [0, 0.1) is 0 Å². The van der Waals surface area contributed by atoms with Crippen molar-refractivity contribution in [3.05, 3.63) is 0 Å². The largest absolute Gasteiger partial charge is 0.463 e. The highest BCUT2D eigenvalue weighted by atomic mass is 35.5. The summed E-state index contributed by atoms with van der Waals surface area (Å²) in [7, 11) is 0. The molecule has 3 nitrogen and oxygen atoms in total. The van der Waals surface area contributed by atoms with E-state index in [1.54, 1.807) is 0 Å². The van der Waals surface area contributed by atoms with Crippen LogP contribution in [-0.4, -0.2) is 15.8 Å². The lowest BCUT2D eigenvalue weighted by Crippen LogP contribution is -1.85. The Bertz CT molecular complexity index is 106. The van der Waals surface area contributed by atoms with Crippen LogP contribution >= 0.6 is 23.2 Å². The zero-order chi connectivity index (χ0) is 5.86. The van der Waals surface area contributed by atoms with Gasteiger partial charge in [0, 0.05) is 0 Å². The highest BCUT2D eigenvalue weighted by Crippen LogP contribution is 1.90. The third kappa shape index (κ3) is 5.72. The molecule has 40 valence electrons. The molecule has 0 atom stereocenters. The van der Waals surface area contributed by atoms with Crippen molar-refractivity contribution in [1.29, 1.82) is 0 Å². The molecule has 0 saturated carbocycles. The van der Waals surface area contributed by atoms with Crippen molar-refractivity contribution in [3.8, 4) is 0 Å². The predicted molar refractivity (Wildman–Crippen MR) is 27.2 cm³/mol. The van der Waals surface area contributed by atoms with Crippen molar-refractivity contribution in [1.82, 2.24) is 0 Å². The summed E-state index contributed by atoms with van der Waals surface area (Å²) < 4.78 is -0.493. The standard InChI is InChI=1S/C2HCl2NO2/c3-1(4)5-2(6)7/h(H,6,7). The summed E-state index contributed by atoms with van der Waals surface area (Å²) >= 11 is 9.61. The summed E-state index contributed by atoms with van der Waals surface area (Å²) in [5, 5.41) is 7.73. The maximum Gasteiger partial charge on any atom is 0.433 e. The zero-order valence-electron chi connectivity index (χ0n) is 3.06. The fraction of sp³-hybridized carbons (Fsp3) is 0. The first kappa shape index (κ1) is 6.72. The molecule has 0 aliphatic carbocycles. The summed E-state index contributed by atoms with van der Waals surface area (Å²) in [6.07, 6.45) is -1.39. The number of halogens is 2. The molecule has 0 radical (unpaired) electrons. The van der Waals surface area contributed by atoms with Gasteiger partial charge in [-0.2, -0.15) is 4.99 Å². The normalized spacial score (nSPS) is 7.71. The van der Waals surface area contributed by atoms with Crippen molar-refractivity contribution >= 4 is 33.9 Å². The Balaban J connectivity index is 3.68. The van der Waals surface area contributed by atoms with Crippen molar-refractivity contribution in [3.63, 3.8) is 0 Å². The van der Waals surface area contributed by atoms with Gasteiger partial charge in [0.1, 0.15) is 0 Å². The molecule has 1 N–H and O–H groups in total. The molecule has 0 spiro atoms. The van der Waals surface area contributed by atoms with Gasteiger partial charge in [-0.15, -0.1) is 0 Å². The van der Waals surface area contributed by atoms with Gasteiger partial charge in [0.15, 0.2) is 0 Å². The van der Waals surface area contributed by atoms with E-state index in [1.165, 1.54) is 0 Å². The van der Waals surface area contributed by atoms with E-state index in [-0.39, 0.29) is 0 Å². The van der Waals surface area contributed by atoms with Gasteiger partial charge in [0.2, 0.25) is 4.63 Å². The van der Waals surface area contributed by atoms with Crippen LogP contribution in [0.1, 0.15) is 0 Å². The molecule has 1 amide bonds. The summed E-state index contributed by atoms with van der Waals surface area (Å²) in [6, 6.07) is 0. The molecule has 5 heteroatoms. The lowest BCUT2D eigenvalue weighted by molar-refractivity contribution is 0.206. The van der Waals surface area contributed by atoms with Crippen LogP contribution in [0.2, 0.25) is 0 Å². The van der Waals surface area contributed by atoms with E-state index in [9.17, 15) is 4.79 Å². The molecule has 0 aromatic carbocycles. The van der Waals surface area contributed by atoms with Crippen molar-refractivity contribution < 1.29 is 9.90 Å². The van der Waals surface area contributed by atoms with Crippen molar-refractivity contribution in [2.75, 3.05) is 0 Å². The SMILES string of the molecule is O=C(O)N=C(Cl)Cl. The molecule has 0 unspecified atom stereocenters. The number of nitrogens with zero attached hydrogens (tertiary/aromatic N) is 1. The quantitative estimate of drug-likeness (QED) is 0.521. The van der Waals surface area contributed by atoms with Crippen LogP contribution in [0.4, 0.5) is 4.79 Å². The summed E-state index contributed by atoms with van der Waals surface area (Å²) in [5.41, 5.74) is 0. The zero-order valence-corrected chi connectivity index (χ0v) is 4.57. The minimum absolute atomic E-state index is 0.493. The number of hydrogen-bond acceptors (Lipinski definition) is 1. The van der Waals surface area contributed by atoms with E-state index >= 15 is 0 Å². The highest BCUT2D eigenvalue weighted by Gasteiger charge is 1.89. The second-order valence-electron chi connectivity index (χ2n) is 0.635. The minimum atomic E-state index is -1.39. The number of amides is 1. The van der Waals surface area contributed by atoms with Crippen LogP contribution in [0.15, 0.2) is 4.99 Å². The van der Waals surface area contributed by atoms with Gasteiger partial charge >= 0.3 is 6.09 Å². The van der Waals surface area contributed by atoms with E-state index in [0.29, 0.717) is 0 Å². The Morgan fingerprint density at radius 3 is 2.00 bits per heavy atom. The molecular weight excluding hydrogens is 141 g/mol. The molecular formula is C2HCl2NO2. The van der Waals surface area contributed by atoms with Crippen LogP contribution < -0.4 is 0 Å².